The molecule has 20 heavy (non-hydrogen) atoms. The molecular weight excluding hydrogens is 267 g/mol. The van der Waals surface area contributed by atoms with Gasteiger partial charge in [-0.1, -0.05) is 37.3 Å². The third-order valence-electron chi connectivity index (χ3n) is 3.77. The maximum atomic E-state index is 12.6. The Hall–Kier alpha value is -1.36. The van der Waals surface area contributed by atoms with Gasteiger partial charge in [-0.3, -0.25) is 4.79 Å². The minimum atomic E-state index is -4.12. The molecule has 0 aliphatic carbocycles. The molecule has 1 heterocycles. The van der Waals surface area contributed by atoms with Crippen LogP contribution in [0, 0.1) is 11.8 Å². The summed E-state index contributed by atoms with van der Waals surface area (Å²) in [5.74, 6) is -1.55. The fraction of sp³-hybridized carbons (Fsp3) is 0.533. The molecule has 2 atom stereocenters. The molecule has 5 heteroatoms. The molecule has 0 saturated carbocycles. The lowest BCUT2D eigenvalue weighted by Gasteiger charge is -2.21. The quantitative estimate of drug-likeness (QED) is 0.790. The van der Waals surface area contributed by atoms with E-state index in [1.165, 1.54) is 0 Å². The van der Waals surface area contributed by atoms with Crippen LogP contribution in [0.4, 0.5) is 13.2 Å². The van der Waals surface area contributed by atoms with Gasteiger partial charge >= 0.3 is 6.18 Å². The van der Waals surface area contributed by atoms with Crippen LogP contribution >= 0.6 is 0 Å². The first-order valence-corrected chi connectivity index (χ1v) is 6.76. The zero-order valence-electron chi connectivity index (χ0n) is 11.4. The summed E-state index contributed by atoms with van der Waals surface area (Å²) in [7, 11) is 0. The van der Waals surface area contributed by atoms with Gasteiger partial charge < -0.3 is 4.90 Å². The first kappa shape index (κ1) is 15.0. The van der Waals surface area contributed by atoms with Gasteiger partial charge in [-0.15, -0.1) is 0 Å². The summed E-state index contributed by atoms with van der Waals surface area (Å²) >= 11 is 0. The van der Waals surface area contributed by atoms with Crippen LogP contribution in [0.15, 0.2) is 30.3 Å². The number of Topliss-reactive ketones (excluding diaryl/α,β-unsaturated/α-hetero) is 1. The Morgan fingerprint density at radius 1 is 1.35 bits per heavy atom. The molecule has 2 nitrogen and oxygen atoms in total. The highest BCUT2D eigenvalue weighted by atomic mass is 19.4. The molecule has 2 rings (SSSR count). The van der Waals surface area contributed by atoms with Gasteiger partial charge in [0.1, 0.15) is 0 Å². The minimum absolute atomic E-state index is 0.00983. The third kappa shape index (κ3) is 3.60. The summed E-state index contributed by atoms with van der Waals surface area (Å²) in [5.41, 5.74) is 0.617. The van der Waals surface area contributed by atoms with Crippen LogP contribution in [0.2, 0.25) is 0 Å². The number of carbonyl (C=O) groups is 1. The van der Waals surface area contributed by atoms with Crippen molar-refractivity contribution >= 4 is 5.78 Å². The second-order valence-electron chi connectivity index (χ2n) is 5.42. The molecule has 0 radical (unpaired) electrons. The SMILES string of the molecule is CC(CN1CC[C@@H](C(F)(F)F)C1)C(=O)c1ccccc1. The number of benzene rings is 1. The molecule has 1 aromatic rings. The zero-order valence-corrected chi connectivity index (χ0v) is 11.4. The van der Waals surface area contributed by atoms with E-state index in [9.17, 15) is 18.0 Å². The molecule has 1 fully saturated rings. The normalized spacial score (nSPS) is 21.9. The highest BCUT2D eigenvalue weighted by Crippen LogP contribution is 2.33. The van der Waals surface area contributed by atoms with E-state index >= 15 is 0 Å². The maximum Gasteiger partial charge on any atom is 0.393 e. The van der Waals surface area contributed by atoms with Gasteiger partial charge in [0.2, 0.25) is 0 Å². The molecule has 1 aromatic carbocycles. The summed E-state index contributed by atoms with van der Waals surface area (Å²) < 4.78 is 37.8. The van der Waals surface area contributed by atoms with Gasteiger partial charge in [0.05, 0.1) is 5.92 Å². The second-order valence-corrected chi connectivity index (χ2v) is 5.42. The lowest BCUT2D eigenvalue weighted by Crippen LogP contribution is -2.32. The topological polar surface area (TPSA) is 20.3 Å². The molecule has 1 unspecified atom stereocenters. The van der Waals surface area contributed by atoms with Gasteiger partial charge in [-0.2, -0.15) is 13.2 Å². The molecule has 0 N–H and O–H groups in total. The Morgan fingerprint density at radius 3 is 2.55 bits per heavy atom. The fourth-order valence-corrected chi connectivity index (χ4v) is 2.62. The van der Waals surface area contributed by atoms with Crippen LogP contribution in [0.25, 0.3) is 0 Å². The summed E-state index contributed by atoms with van der Waals surface area (Å²) in [6.45, 7) is 2.59. The van der Waals surface area contributed by atoms with Crippen LogP contribution in [-0.4, -0.2) is 36.5 Å². The Labute approximate surface area is 116 Å². The van der Waals surface area contributed by atoms with Crippen molar-refractivity contribution < 1.29 is 18.0 Å². The van der Waals surface area contributed by atoms with Crippen molar-refractivity contribution in [2.75, 3.05) is 19.6 Å². The summed E-state index contributed by atoms with van der Waals surface area (Å²) in [5, 5.41) is 0. The van der Waals surface area contributed by atoms with Crippen molar-refractivity contribution in [2.24, 2.45) is 11.8 Å². The average Bonchev–Trinajstić information content (AvgIpc) is 2.87. The maximum absolute atomic E-state index is 12.6. The summed E-state index contributed by atoms with van der Waals surface area (Å²) in [6, 6.07) is 8.88. The Bertz CT molecular complexity index is 458. The van der Waals surface area contributed by atoms with E-state index in [-0.39, 0.29) is 24.7 Å². The van der Waals surface area contributed by atoms with Crippen LogP contribution in [0.3, 0.4) is 0 Å². The lowest BCUT2D eigenvalue weighted by molar-refractivity contribution is -0.170. The summed E-state index contributed by atoms with van der Waals surface area (Å²) in [6.07, 6.45) is -3.99. The number of rotatable bonds is 4. The number of ketones is 1. The van der Waals surface area contributed by atoms with Crippen molar-refractivity contribution in [3.05, 3.63) is 35.9 Å². The standard InChI is InChI=1S/C15H18F3NO/c1-11(14(20)12-5-3-2-4-6-12)9-19-8-7-13(10-19)15(16,17)18/h2-6,11,13H,7-10H2,1H3/t11?,13-/m1/s1. The predicted molar refractivity (Wildman–Crippen MR) is 70.5 cm³/mol. The van der Waals surface area contributed by atoms with E-state index in [2.05, 4.69) is 0 Å². The first-order valence-electron chi connectivity index (χ1n) is 6.76. The van der Waals surface area contributed by atoms with Crippen molar-refractivity contribution in [2.45, 2.75) is 19.5 Å². The number of hydrogen-bond donors (Lipinski definition) is 0. The average molecular weight is 285 g/mol. The van der Waals surface area contributed by atoms with E-state index in [0.717, 1.165) is 0 Å². The minimum Gasteiger partial charge on any atom is -0.302 e. The van der Waals surface area contributed by atoms with Crippen molar-refractivity contribution in [3.8, 4) is 0 Å². The molecule has 1 saturated heterocycles. The van der Waals surface area contributed by atoms with Gasteiger partial charge in [0, 0.05) is 24.6 Å². The molecule has 0 bridgehead atoms. The number of carbonyl (C=O) groups excluding carboxylic acids is 1. The van der Waals surface area contributed by atoms with E-state index in [1.807, 2.05) is 6.07 Å². The van der Waals surface area contributed by atoms with E-state index in [4.69, 9.17) is 0 Å². The van der Waals surface area contributed by atoms with Gasteiger partial charge in [-0.05, 0) is 13.0 Å². The molecule has 1 aliphatic rings. The van der Waals surface area contributed by atoms with Crippen molar-refractivity contribution in [3.63, 3.8) is 0 Å². The first-order chi connectivity index (χ1) is 9.38. The smallest absolute Gasteiger partial charge is 0.302 e. The van der Waals surface area contributed by atoms with E-state index in [1.54, 1.807) is 36.1 Å². The van der Waals surface area contributed by atoms with Crippen LogP contribution in [-0.2, 0) is 0 Å². The highest BCUT2D eigenvalue weighted by Gasteiger charge is 2.43. The predicted octanol–water partition coefficient (Wildman–Crippen LogP) is 3.39. The highest BCUT2D eigenvalue weighted by molar-refractivity contribution is 5.97. The molecule has 0 spiro atoms. The van der Waals surface area contributed by atoms with Gasteiger partial charge in [-0.25, -0.2) is 0 Å². The van der Waals surface area contributed by atoms with Crippen LogP contribution < -0.4 is 0 Å². The van der Waals surface area contributed by atoms with Crippen LogP contribution in [0.5, 0.6) is 0 Å². The third-order valence-corrected chi connectivity index (χ3v) is 3.77. The molecular formula is C15H18F3NO. The molecule has 110 valence electrons. The largest absolute Gasteiger partial charge is 0.393 e. The Morgan fingerprint density at radius 2 is 2.00 bits per heavy atom. The monoisotopic (exact) mass is 285 g/mol. The van der Waals surface area contributed by atoms with E-state index in [0.29, 0.717) is 18.7 Å². The van der Waals surface area contributed by atoms with Crippen LogP contribution in [0.1, 0.15) is 23.7 Å². The lowest BCUT2D eigenvalue weighted by atomic mass is 9.99. The number of halogens is 3. The Balaban J connectivity index is 1.90. The fourth-order valence-electron chi connectivity index (χ4n) is 2.62. The number of likely N-dealkylation sites (tertiary alicyclic amines) is 1. The van der Waals surface area contributed by atoms with Crippen molar-refractivity contribution in [1.29, 1.82) is 0 Å². The zero-order chi connectivity index (χ0) is 14.8. The molecule has 0 aromatic heterocycles. The van der Waals surface area contributed by atoms with Crippen molar-refractivity contribution in [1.82, 2.24) is 4.90 Å². The summed E-state index contributed by atoms with van der Waals surface area (Å²) in [4.78, 5) is 13.9. The number of alkyl halides is 3. The number of nitrogens with zero attached hydrogens (tertiary/aromatic N) is 1. The molecule has 0 amide bonds. The van der Waals surface area contributed by atoms with Gasteiger partial charge in [0.15, 0.2) is 5.78 Å². The van der Waals surface area contributed by atoms with E-state index < -0.39 is 12.1 Å². The van der Waals surface area contributed by atoms with Gasteiger partial charge in [0.25, 0.3) is 0 Å². The second kappa shape index (κ2) is 5.95. The number of hydrogen-bond acceptors (Lipinski definition) is 2. The Kier molecular flexibility index (Phi) is 4.48. The molecule has 1 aliphatic heterocycles.